The Morgan fingerprint density at radius 1 is 1.32 bits per heavy atom. The van der Waals surface area contributed by atoms with Gasteiger partial charge in [-0.05, 0) is 53.9 Å². The normalized spacial score (nSPS) is 15.0. The highest BCUT2D eigenvalue weighted by atomic mass is 16.5. The summed E-state index contributed by atoms with van der Waals surface area (Å²) in [5, 5.41) is 19.2. The molecule has 0 aliphatic carbocycles. The first-order valence-electron chi connectivity index (χ1n) is 8.81. The minimum atomic E-state index is -0.896. The molecule has 2 unspecified atom stereocenters. The summed E-state index contributed by atoms with van der Waals surface area (Å²) in [5.74, 6) is -0.101. The zero-order valence-corrected chi connectivity index (χ0v) is 16.7. The number of ether oxygens (including phenoxy) is 1. The SMILES string of the molecule is C=C/N=N\N(C=C)C(C)CC(CC)C(=O)C(C)(C)OCCC(C)(C)O. The van der Waals surface area contributed by atoms with Gasteiger partial charge in [-0.1, -0.05) is 25.3 Å². The molecule has 0 spiro atoms. The van der Waals surface area contributed by atoms with Crippen molar-refractivity contribution >= 4 is 5.78 Å². The number of nitrogens with zero attached hydrogens (tertiary/aromatic N) is 3. The van der Waals surface area contributed by atoms with Gasteiger partial charge < -0.3 is 9.84 Å². The van der Waals surface area contributed by atoms with E-state index < -0.39 is 11.2 Å². The molecule has 0 saturated heterocycles. The molecule has 144 valence electrons. The van der Waals surface area contributed by atoms with Gasteiger partial charge in [0.2, 0.25) is 0 Å². The number of ketones is 1. The molecule has 6 nitrogen and oxygen atoms in total. The van der Waals surface area contributed by atoms with E-state index >= 15 is 0 Å². The van der Waals surface area contributed by atoms with E-state index in [4.69, 9.17) is 4.74 Å². The summed E-state index contributed by atoms with van der Waals surface area (Å²) in [6, 6.07) is -0.0257. The van der Waals surface area contributed by atoms with Gasteiger partial charge in [0.25, 0.3) is 0 Å². The fraction of sp³-hybridized carbons (Fsp3) is 0.737. The third kappa shape index (κ3) is 8.93. The molecule has 0 heterocycles. The van der Waals surface area contributed by atoms with E-state index in [9.17, 15) is 9.90 Å². The summed E-state index contributed by atoms with van der Waals surface area (Å²) >= 11 is 0. The van der Waals surface area contributed by atoms with Crippen molar-refractivity contribution in [3.63, 3.8) is 0 Å². The third-order valence-electron chi connectivity index (χ3n) is 4.13. The summed E-state index contributed by atoms with van der Waals surface area (Å²) in [4.78, 5) is 12.9. The van der Waals surface area contributed by atoms with Crippen molar-refractivity contribution in [1.29, 1.82) is 0 Å². The number of aliphatic hydroxyl groups is 1. The van der Waals surface area contributed by atoms with Crippen molar-refractivity contribution < 1.29 is 14.6 Å². The molecule has 6 heteroatoms. The minimum Gasteiger partial charge on any atom is -0.390 e. The number of rotatable bonds is 13. The van der Waals surface area contributed by atoms with Crippen molar-refractivity contribution in [1.82, 2.24) is 5.01 Å². The summed E-state index contributed by atoms with van der Waals surface area (Å²) in [5.41, 5.74) is -1.70. The molecule has 0 radical (unpaired) electrons. The Hall–Kier alpha value is -1.53. The maximum atomic E-state index is 12.9. The molecule has 2 atom stereocenters. The number of Topliss-reactive ketones (excluding diaryl/α,β-unsaturated/α-hetero) is 1. The first kappa shape index (κ1) is 23.5. The average Bonchev–Trinajstić information content (AvgIpc) is 2.51. The summed E-state index contributed by atoms with van der Waals surface area (Å²) in [7, 11) is 0. The Labute approximate surface area is 152 Å². The van der Waals surface area contributed by atoms with E-state index in [1.807, 2.05) is 13.8 Å². The van der Waals surface area contributed by atoms with Crippen LogP contribution in [0.4, 0.5) is 0 Å². The van der Waals surface area contributed by atoms with Crippen LogP contribution >= 0.6 is 0 Å². The topological polar surface area (TPSA) is 74.5 Å². The van der Waals surface area contributed by atoms with Gasteiger partial charge >= 0.3 is 0 Å². The highest BCUT2D eigenvalue weighted by molar-refractivity contribution is 5.88. The second-order valence-electron chi connectivity index (χ2n) is 7.43. The zero-order chi connectivity index (χ0) is 19.7. The quantitative estimate of drug-likeness (QED) is 0.396. The summed E-state index contributed by atoms with van der Waals surface area (Å²) < 4.78 is 5.78. The smallest absolute Gasteiger partial charge is 0.167 e. The monoisotopic (exact) mass is 353 g/mol. The Morgan fingerprint density at radius 3 is 2.36 bits per heavy atom. The molecular formula is C19H35N3O3. The fourth-order valence-corrected chi connectivity index (χ4v) is 2.50. The summed E-state index contributed by atoms with van der Waals surface area (Å²) in [6.07, 6.45) is 4.75. The van der Waals surface area contributed by atoms with Gasteiger partial charge in [0.15, 0.2) is 5.78 Å². The van der Waals surface area contributed by atoms with Crippen LogP contribution in [-0.4, -0.2) is 39.7 Å². The van der Waals surface area contributed by atoms with E-state index in [1.54, 1.807) is 38.9 Å². The molecule has 0 aromatic carbocycles. The van der Waals surface area contributed by atoms with Crippen LogP contribution in [0.2, 0.25) is 0 Å². The average molecular weight is 354 g/mol. The molecule has 25 heavy (non-hydrogen) atoms. The number of hydrogen-bond acceptors (Lipinski definition) is 5. The Morgan fingerprint density at radius 2 is 1.92 bits per heavy atom. The van der Waals surface area contributed by atoms with Crippen LogP contribution in [0.3, 0.4) is 0 Å². The van der Waals surface area contributed by atoms with Crippen molar-refractivity contribution in [3.05, 3.63) is 25.6 Å². The van der Waals surface area contributed by atoms with Crippen LogP contribution in [0.1, 0.15) is 60.8 Å². The van der Waals surface area contributed by atoms with Crippen molar-refractivity contribution in [2.45, 2.75) is 78.0 Å². The van der Waals surface area contributed by atoms with E-state index in [0.29, 0.717) is 25.9 Å². The second-order valence-corrected chi connectivity index (χ2v) is 7.43. The van der Waals surface area contributed by atoms with Crippen LogP contribution in [0.25, 0.3) is 0 Å². The molecule has 0 aliphatic heterocycles. The van der Waals surface area contributed by atoms with E-state index in [2.05, 4.69) is 23.5 Å². The van der Waals surface area contributed by atoms with Crippen LogP contribution in [0, 0.1) is 5.92 Å². The molecular weight excluding hydrogens is 318 g/mol. The van der Waals surface area contributed by atoms with Crippen molar-refractivity contribution in [3.8, 4) is 0 Å². The number of carbonyl (C=O) groups is 1. The van der Waals surface area contributed by atoms with E-state index in [1.165, 1.54) is 6.20 Å². The molecule has 0 rings (SSSR count). The highest BCUT2D eigenvalue weighted by Gasteiger charge is 2.35. The van der Waals surface area contributed by atoms with Gasteiger partial charge in [0.1, 0.15) is 5.60 Å². The minimum absolute atomic E-state index is 0.0257. The zero-order valence-electron chi connectivity index (χ0n) is 16.7. The first-order chi connectivity index (χ1) is 11.5. The fourth-order valence-electron chi connectivity index (χ4n) is 2.50. The Kier molecular flexibility index (Phi) is 9.82. The Balaban J connectivity index is 4.89. The maximum Gasteiger partial charge on any atom is 0.167 e. The van der Waals surface area contributed by atoms with Crippen LogP contribution < -0.4 is 0 Å². The Bertz CT molecular complexity index is 467. The predicted octanol–water partition coefficient (Wildman–Crippen LogP) is 4.27. The van der Waals surface area contributed by atoms with E-state index in [0.717, 1.165) is 0 Å². The van der Waals surface area contributed by atoms with Gasteiger partial charge in [0.05, 0.1) is 18.2 Å². The lowest BCUT2D eigenvalue weighted by Gasteiger charge is -2.31. The van der Waals surface area contributed by atoms with Crippen molar-refractivity contribution in [2.75, 3.05) is 6.61 Å². The molecule has 0 fully saturated rings. The number of carbonyl (C=O) groups excluding carboxylic acids is 1. The molecule has 1 N–H and O–H groups in total. The third-order valence-corrected chi connectivity index (χ3v) is 4.13. The maximum absolute atomic E-state index is 12.9. The van der Waals surface area contributed by atoms with Gasteiger partial charge in [-0.3, -0.25) is 9.80 Å². The largest absolute Gasteiger partial charge is 0.390 e. The first-order valence-corrected chi connectivity index (χ1v) is 8.81. The molecule has 0 aromatic heterocycles. The highest BCUT2D eigenvalue weighted by Crippen LogP contribution is 2.25. The second kappa shape index (κ2) is 10.5. The van der Waals surface area contributed by atoms with Gasteiger partial charge in [-0.2, -0.15) is 0 Å². The molecule has 0 aromatic rings. The van der Waals surface area contributed by atoms with Crippen LogP contribution in [0.15, 0.2) is 35.9 Å². The summed E-state index contributed by atoms with van der Waals surface area (Å²) in [6.45, 7) is 18.6. The molecule has 0 saturated carbocycles. The standard InChI is InChI=1S/C19H35N3O3/c1-9-16(14-15(4)22(11-3)21-20-10-2)17(23)19(7,8)25-13-12-18(5,6)24/h10-11,15-16,24H,2-3,9,12-14H2,1,4-8H3/b21-20-. The van der Waals surface area contributed by atoms with Gasteiger partial charge in [0, 0.05) is 18.3 Å². The predicted molar refractivity (Wildman–Crippen MR) is 101 cm³/mol. The van der Waals surface area contributed by atoms with Crippen LogP contribution in [0.5, 0.6) is 0 Å². The van der Waals surface area contributed by atoms with Crippen LogP contribution in [-0.2, 0) is 9.53 Å². The lowest BCUT2D eigenvalue weighted by atomic mass is 9.85. The molecule has 0 aliphatic rings. The van der Waals surface area contributed by atoms with Crippen molar-refractivity contribution in [2.24, 2.45) is 16.3 Å². The van der Waals surface area contributed by atoms with Gasteiger partial charge in [-0.15, -0.1) is 5.11 Å². The molecule has 0 bridgehead atoms. The van der Waals surface area contributed by atoms with Gasteiger partial charge in [-0.25, -0.2) is 0 Å². The lowest BCUT2D eigenvalue weighted by molar-refractivity contribution is -0.147. The lowest BCUT2D eigenvalue weighted by Crippen LogP contribution is -2.42. The number of hydrogen-bond donors (Lipinski definition) is 1. The van der Waals surface area contributed by atoms with E-state index in [-0.39, 0.29) is 17.7 Å². The molecule has 0 amide bonds.